The van der Waals surface area contributed by atoms with Gasteiger partial charge in [0.05, 0.1) is 30.7 Å². The minimum absolute atomic E-state index is 0.0351. The van der Waals surface area contributed by atoms with E-state index < -0.39 is 0 Å². The van der Waals surface area contributed by atoms with Crippen molar-refractivity contribution in [2.75, 3.05) is 26.7 Å². The van der Waals surface area contributed by atoms with Gasteiger partial charge in [0.2, 0.25) is 5.91 Å². The van der Waals surface area contributed by atoms with Crippen molar-refractivity contribution < 1.29 is 9.66 Å². The van der Waals surface area contributed by atoms with Crippen LogP contribution in [0.4, 0.5) is 0 Å². The number of fused-ring (bicyclic) bond motifs is 1. The van der Waals surface area contributed by atoms with Crippen LogP contribution in [0.25, 0.3) is 0 Å². The molecule has 0 aliphatic carbocycles. The molecule has 0 radical (unpaired) electrons. The zero-order valence-corrected chi connectivity index (χ0v) is 15.8. The van der Waals surface area contributed by atoms with Crippen LogP contribution in [-0.4, -0.2) is 71.7 Å². The number of nitrogens with one attached hydrogen (secondary N) is 2. The summed E-state index contributed by atoms with van der Waals surface area (Å²) in [5, 5.41) is 9.13. The number of nitrogens with zero attached hydrogens (tertiary/aromatic N) is 3. The first-order valence-electron chi connectivity index (χ1n) is 9.71. The van der Waals surface area contributed by atoms with E-state index >= 15 is 0 Å². The first-order valence-corrected chi connectivity index (χ1v) is 9.71. The van der Waals surface area contributed by atoms with E-state index in [9.17, 15) is 9.70 Å². The van der Waals surface area contributed by atoms with E-state index in [4.69, 9.17) is 0 Å². The Balaban J connectivity index is 1.55. The first kappa shape index (κ1) is 18.1. The van der Waals surface area contributed by atoms with Crippen LogP contribution < -0.4 is 10.6 Å². The Hall–Kier alpha value is -2.25. The van der Waals surface area contributed by atoms with Gasteiger partial charge in [-0.3, -0.25) is 15.4 Å². The lowest BCUT2D eigenvalue weighted by molar-refractivity contribution is -0.709. The van der Waals surface area contributed by atoms with Crippen molar-refractivity contribution in [1.29, 1.82) is 0 Å². The number of nitroso groups, excluding NO2 is 1. The number of hydrogen-bond acceptors (Lipinski definition) is 4. The lowest BCUT2D eigenvalue weighted by Gasteiger charge is -2.40. The number of carbonyl (C=O) groups is 1. The summed E-state index contributed by atoms with van der Waals surface area (Å²) >= 11 is 0. The van der Waals surface area contributed by atoms with Gasteiger partial charge in [-0.2, -0.15) is 0 Å². The van der Waals surface area contributed by atoms with Crippen molar-refractivity contribution in [3.8, 4) is 0 Å². The second-order valence-corrected chi connectivity index (χ2v) is 7.86. The maximum atomic E-state index is 12.6. The molecular weight excluding hydrogens is 342 g/mol. The van der Waals surface area contributed by atoms with Gasteiger partial charge in [-0.25, -0.2) is 0 Å². The third kappa shape index (κ3) is 3.49. The molecule has 0 bridgehead atoms. The second-order valence-electron chi connectivity index (χ2n) is 7.86. The van der Waals surface area contributed by atoms with Crippen LogP contribution in [0.2, 0.25) is 0 Å². The minimum Gasteiger partial charge on any atom is -0.337 e. The third-order valence-corrected chi connectivity index (χ3v) is 6.19. The third-order valence-electron chi connectivity index (χ3n) is 6.19. The van der Waals surface area contributed by atoms with E-state index in [-0.39, 0.29) is 36.1 Å². The van der Waals surface area contributed by atoms with Gasteiger partial charge in [0, 0.05) is 37.9 Å². The molecular formula is C20H28N5O2+. The molecule has 0 spiro atoms. The van der Waals surface area contributed by atoms with Gasteiger partial charge in [-0.15, -0.1) is 5.01 Å². The average molecular weight is 370 g/mol. The van der Waals surface area contributed by atoms with E-state index in [2.05, 4.69) is 29.3 Å². The molecule has 5 unspecified atom stereocenters. The van der Waals surface area contributed by atoms with Gasteiger partial charge in [0.25, 0.3) is 6.04 Å². The Morgan fingerprint density at radius 1 is 1.30 bits per heavy atom. The SMILES string of the molecule is C=CC(=O)N1CC2NC(Cc3ccccc3)NC(C3CCN(C)[N+]3=O)C2C1. The van der Waals surface area contributed by atoms with Gasteiger partial charge in [0.1, 0.15) is 4.87 Å². The van der Waals surface area contributed by atoms with E-state index in [1.165, 1.54) is 11.6 Å². The molecule has 27 heavy (non-hydrogen) atoms. The van der Waals surface area contributed by atoms with E-state index in [0.29, 0.717) is 13.1 Å². The summed E-state index contributed by atoms with van der Waals surface area (Å²) in [6, 6.07) is 10.5. The molecule has 5 atom stereocenters. The Bertz CT molecular complexity index is 724. The summed E-state index contributed by atoms with van der Waals surface area (Å²) in [7, 11) is 1.84. The molecule has 3 heterocycles. The number of amides is 1. The lowest BCUT2D eigenvalue weighted by Crippen LogP contribution is -2.67. The summed E-state index contributed by atoms with van der Waals surface area (Å²) in [5.74, 6) is 0.181. The van der Waals surface area contributed by atoms with Crippen LogP contribution in [0.5, 0.6) is 0 Å². The zero-order chi connectivity index (χ0) is 19.0. The normalized spacial score (nSPS) is 33.2. The minimum atomic E-state index is -0.0957. The maximum absolute atomic E-state index is 12.6. The molecule has 3 saturated heterocycles. The second kappa shape index (κ2) is 7.40. The number of carbonyl (C=O) groups excluding carboxylic acids is 1. The van der Waals surface area contributed by atoms with Crippen molar-refractivity contribution in [3.05, 3.63) is 53.5 Å². The Morgan fingerprint density at radius 2 is 2.07 bits per heavy atom. The fraction of sp³-hybridized carbons (Fsp3) is 0.550. The molecule has 0 aromatic heterocycles. The smallest absolute Gasteiger partial charge is 0.251 e. The Morgan fingerprint density at radius 3 is 2.74 bits per heavy atom. The molecule has 2 N–H and O–H groups in total. The predicted octanol–water partition coefficient (Wildman–Crippen LogP) is 0.528. The van der Waals surface area contributed by atoms with Gasteiger partial charge in [-0.1, -0.05) is 36.9 Å². The van der Waals surface area contributed by atoms with Gasteiger partial charge in [-0.05, 0) is 11.6 Å². The highest BCUT2D eigenvalue weighted by Crippen LogP contribution is 2.30. The largest absolute Gasteiger partial charge is 0.337 e. The summed E-state index contributed by atoms with van der Waals surface area (Å²) in [5.41, 5.74) is 1.25. The zero-order valence-electron chi connectivity index (χ0n) is 15.8. The average Bonchev–Trinajstić information content (AvgIpc) is 3.25. The lowest BCUT2D eigenvalue weighted by atomic mass is 9.85. The van der Waals surface area contributed by atoms with Crippen LogP contribution in [0.15, 0.2) is 43.0 Å². The maximum Gasteiger partial charge on any atom is 0.251 e. The van der Waals surface area contributed by atoms with Crippen LogP contribution in [0.1, 0.15) is 12.0 Å². The standard InChI is InChI=1S/C20H28N5O2/c1-3-19(26)24-12-15-16(13-24)21-18(11-14-7-5-4-6-8-14)22-20(15)17-9-10-23(2)25(17)27/h3-8,15-18,20-22H,1,9-13H2,2H3/q+1. The van der Waals surface area contributed by atoms with Crippen LogP contribution >= 0.6 is 0 Å². The Labute approximate surface area is 159 Å². The van der Waals surface area contributed by atoms with Crippen molar-refractivity contribution in [2.45, 2.75) is 37.1 Å². The molecule has 1 amide bonds. The number of likely N-dealkylation sites (tertiary alicyclic amines) is 1. The van der Waals surface area contributed by atoms with Crippen molar-refractivity contribution in [2.24, 2.45) is 5.92 Å². The number of benzene rings is 1. The highest BCUT2D eigenvalue weighted by molar-refractivity contribution is 5.87. The Kier molecular flexibility index (Phi) is 4.97. The molecule has 3 fully saturated rings. The van der Waals surface area contributed by atoms with E-state index in [0.717, 1.165) is 24.3 Å². The number of hydrazine groups is 1. The molecule has 4 rings (SSSR count). The highest BCUT2D eigenvalue weighted by atomic mass is 16.3. The quantitative estimate of drug-likeness (QED) is 0.598. The van der Waals surface area contributed by atoms with Gasteiger partial charge >= 0.3 is 0 Å². The predicted molar refractivity (Wildman–Crippen MR) is 103 cm³/mol. The van der Waals surface area contributed by atoms with Gasteiger partial charge in [0.15, 0.2) is 0 Å². The summed E-state index contributed by atoms with van der Waals surface area (Å²) < 4.78 is 0. The molecule has 3 aliphatic heterocycles. The van der Waals surface area contributed by atoms with Crippen molar-refractivity contribution >= 4 is 5.91 Å². The summed E-state index contributed by atoms with van der Waals surface area (Å²) in [4.78, 5) is 27.7. The molecule has 7 nitrogen and oxygen atoms in total. The molecule has 1 aromatic rings. The fourth-order valence-electron chi connectivity index (χ4n) is 4.80. The van der Waals surface area contributed by atoms with Crippen molar-refractivity contribution in [1.82, 2.24) is 20.5 Å². The molecule has 1 aromatic carbocycles. The molecule has 3 aliphatic rings. The molecule has 144 valence electrons. The van der Waals surface area contributed by atoms with E-state index in [1.807, 2.05) is 30.1 Å². The van der Waals surface area contributed by atoms with Crippen molar-refractivity contribution in [3.63, 3.8) is 0 Å². The van der Waals surface area contributed by atoms with Gasteiger partial charge < -0.3 is 4.90 Å². The monoisotopic (exact) mass is 370 g/mol. The number of hydrogen-bond donors (Lipinski definition) is 2. The van der Waals surface area contributed by atoms with Crippen LogP contribution in [-0.2, 0) is 11.2 Å². The number of rotatable bonds is 4. The van der Waals surface area contributed by atoms with E-state index in [1.54, 1.807) is 5.01 Å². The first-order chi connectivity index (χ1) is 13.1. The molecule has 7 heteroatoms. The molecule has 0 saturated carbocycles. The highest BCUT2D eigenvalue weighted by Gasteiger charge is 2.53. The van der Waals surface area contributed by atoms with Crippen LogP contribution in [0.3, 0.4) is 0 Å². The fourth-order valence-corrected chi connectivity index (χ4v) is 4.80. The topological polar surface area (TPSA) is 67.7 Å². The summed E-state index contributed by atoms with van der Waals surface area (Å²) in [6.45, 7) is 5.72. The van der Waals surface area contributed by atoms with Crippen LogP contribution in [0, 0.1) is 10.8 Å². The summed E-state index contributed by atoms with van der Waals surface area (Å²) in [6.07, 6.45) is 3.15.